The Kier molecular flexibility index (Phi) is 5.05. The summed E-state index contributed by atoms with van der Waals surface area (Å²) in [6.45, 7) is 4.51. The van der Waals surface area contributed by atoms with Crippen LogP contribution in [0.4, 0.5) is 5.69 Å². The summed E-state index contributed by atoms with van der Waals surface area (Å²) in [5.74, 6) is 0.917. The highest BCUT2D eigenvalue weighted by Crippen LogP contribution is 2.30. The quantitative estimate of drug-likeness (QED) is 0.884. The van der Waals surface area contributed by atoms with E-state index in [-0.39, 0.29) is 12.1 Å². The first kappa shape index (κ1) is 14.2. The summed E-state index contributed by atoms with van der Waals surface area (Å²) in [5, 5.41) is 0. The van der Waals surface area contributed by atoms with Crippen molar-refractivity contribution in [3.63, 3.8) is 0 Å². The van der Waals surface area contributed by atoms with Gasteiger partial charge in [0.05, 0.1) is 11.8 Å². The van der Waals surface area contributed by atoms with Crippen LogP contribution in [0, 0.1) is 0 Å². The van der Waals surface area contributed by atoms with Crippen LogP contribution >= 0.6 is 0 Å². The number of nitrogens with zero attached hydrogens (tertiary/aromatic N) is 1. The van der Waals surface area contributed by atoms with Crippen molar-refractivity contribution in [2.24, 2.45) is 5.73 Å². The molecule has 1 fully saturated rings. The second kappa shape index (κ2) is 6.78. The van der Waals surface area contributed by atoms with Gasteiger partial charge in [-0.15, -0.1) is 0 Å². The molecule has 106 valence electrons. The third kappa shape index (κ3) is 3.85. The summed E-state index contributed by atoms with van der Waals surface area (Å²) in [6.07, 6.45) is 2.35. The maximum atomic E-state index is 6.05. The van der Waals surface area contributed by atoms with Crippen LogP contribution in [-0.4, -0.2) is 39.0 Å². The second-order valence-corrected chi connectivity index (χ2v) is 5.17. The summed E-state index contributed by atoms with van der Waals surface area (Å²) in [6, 6.07) is 8.42. The summed E-state index contributed by atoms with van der Waals surface area (Å²) < 4.78 is 11.1. The highest BCUT2D eigenvalue weighted by Gasteiger charge is 2.19. The predicted molar refractivity (Wildman–Crippen MR) is 77.8 cm³/mol. The van der Waals surface area contributed by atoms with E-state index in [1.165, 1.54) is 0 Å². The minimum atomic E-state index is 0.0941. The van der Waals surface area contributed by atoms with Gasteiger partial charge in [-0.1, -0.05) is 12.1 Å². The van der Waals surface area contributed by atoms with Crippen molar-refractivity contribution in [3.05, 3.63) is 24.3 Å². The molecule has 1 aliphatic heterocycles. The van der Waals surface area contributed by atoms with E-state index in [0.29, 0.717) is 6.61 Å². The third-order valence-electron chi connectivity index (χ3n) is 3.54. The minimum Gasteiger partial charge on any atom is -0.489 e. The van der Waals surface area contributed by atoms with E-state index in [9.17, 15) is 0 Å². The second-order valence-electron chi connectivity index (χ2n) is 5.17. The van der Waals surface area contributed by atoms with Gasteiger partial charge in [-0.05, 0) is 31.9 Å². The van der Waals surface area contributed by atoms with Crippen molar-refractivity contribution in [1.82, 2.24) is 0 Å². The summed E-state index contributed by atoms with van der Waals surface area (Å²) in [7, 11) is 1.70. The number of ether oxygens (including phenoxy) is 2. The fourth-order valence-electron chi connectivity index (χ4n) is 2.34. The standard InChI is InChI=1S/C15H24N2O2/c1-12(18-2)11-19-15-8-4-3-7-14(15)17-9-5-6-13(16)10-17/h3-4,7-8,12-13H,5-6,9-11,16H2,1-2H3. The van der Waals surface area contributed by atoms with Gasteiger partial charge in [0, 0.05) is 26.2 Å². The predicted octanol–water partition coefficient (Wildman–Crippen LogP) is 2.03. The fraction of sp³-hybridized carbons (Fsp3) is 0.600. The molecule has 0 spiro atoms. The van der Waals surface area contributed by atoms with Crippen LogP contribution in [0.25, 0.3) is 0 Å². The zero-order chi connectivity index (χ0) is 13.7. The molecule has 1 aromatic carbocycles. The van der Waals surface area contributed by atoms with Crippen molar-refractivity contribution >= 4 is 5.69 Å². The largest absolute Gasteiger partial charge is 0.489 e. The Hall–Kier alpha value is -1.26. The lowest BCUT2D eigenvalue weighted by atomic mass is 10.1. The van der Waals surface area contributed by atoms with Gasteiger partial charge in [0.15, 0.2) is 0 Å². The zero-order valence-electron chi connectivity index (χ0n) is 11.8. The van der Waals surface area contributed by atoms with Gasteiger partial charge in [-0.3, -0.25) is 0 Å². The molecule has 1 heterocycles. The Morgan fingerprint density at radius 1 is 1.42 bits per heavy atom. The maximum absolute atomic E-state index is 6.05. The SMILES string of the molecule is COC(C)COc1ccccc1N1CCCC(N)C1. The van der Waals surface area contributed by atoms with E-state index in [4.69, 9.17) is 15.2 Å². The molecule has 19 heavy (non-hydrogen) atoms. The van der Waals surface area contributed by atoms with Crippen LogP contribution in [0.5, 0.6) is 5.75 Å². The molecule has 0 aromatic heterocycles. The van der Waals surface area contributed by atoms with Crippen molar-refractivity contribution in [1.29, 1.82) is 0 Å². The first-order valence-electron chi connectivity index (χ1n) is 6.96. The van der Waals surface area contributed by atoms with Crippen molar-refractivity contribution in [3.8, 4) is 5.75 Å². The molecule has 2 N–H and O–H groups in total. The van der Waals surface area contributed by atoms with Gasteiger partial charge in [0.25, 0.3) is 0 Å². The number of nitrogens with two attached hydrogens (primary N) is 1. The fourth-order valence-corrected chi connectivity index (χ4v) is 2.34. The highest BCUT2D eigenvalue weighted by molar-refractivity contribution is 5.58. The lowest BCUT2D eigenvalue weighted by Crippen LogP contribution is -2.43. The molecule has 2 unspecified atom stereocenters. The van der Waals surface area contributed by atoms with Gasteiger partial charge in [0.2, 0.25) is 0 Å². The van der Waals surface area contributed by atoms with E-state index in [1.807, 2.05) is 25.1 Å². The smallest absolute Gasteiger partial charge is 0.142 e. The van der Waals surface area contributed by atoms with E-state index in [1.54, 1.807) is 7.11 Å². The molecular weight excluding hydrogens is 240 g/mol. The molecule has 4 heteroatoms. The van der Waals surface area contributed by atoms with Crippen molar-refractivity contribution in [2.45, 2.75) is 31.9 Å². The number of benzene rings is 1. The molecule has 1 aromatic rings. The zero-order valence-corrected chi connectivity index (χ0v) is 11.8. The van der Waals surface area contributed by atoms with E-state index in [0.717, 1.165) is 37.4 Å². The summed E-state index contributed by atoms with van der Waals surface area (Å²) in [4.78, 5) is 2.32. The molecule has 0 aliphatic carbocycles. The Morgan fingerprint density at radius 3 is 2.95 bits per heavy atom. The first-order chi connectivity index (χ1) is 9.20. The van der Waals surface area contributed by atoms with E-state index >= 15 is 0 Å². The van der Waals surface area contributed by atoms with Gasteiger partial charge >= 0.3 is 0 Å². The number of methoxy groups -OCH3 is 1. The van der Waals surface area contributed by atoms with Crippen molar-refractivity contribution < 1.29 is 9.47 Å². The molecule has 4 nitrogen and oxygen atoms in total. The minimum absolute atomic E-state index is 0.0941. The number of hydrogen-bond donors (Lipinski definition) is 1. The number of anilines is 1. The van der Waals surface area contributed by atoms with Crippen LogP contribution in [0.3, 0.4) is 0 Å². The summed E-state index contributed by atoms with van der Waals surface area (Å²) >= 11 is 0. The molecule has 2 rings (SSSR count). The normalized spacial score (nSPS) is 21.2. The third-order valence-corrected chi connectivity index (χ3v) is 3.54. The molecule has 0 saturated carbocycles. The molecule has 2 atom stereocenters. The van der Waals surface area contributed by atoms with Crippen LogP contribution < -0.4 is 15.4 Å². The number of rotatable bonds is 5. The molecule has 1 saturated heterocycles. The summed E-state index contributed by atoms with van der Waals surface area (Å²) in [5.41, 5.74) is 7.19. The highest BCUT2D eigenvalue weighted by atomic mass is 16.5. The average molecular weight is 264 g/mol. The molecule has 1 aliphatic rings. The Labute approximate surface area is 115 Å². The monoisotopic (exact) mass is 264 g/mol. The molecule has 0 bridgehead atoms. The van der Waals surface area contributed by atoms with Gasteiger partial charge in [-0.2, -0.15) is 0 Å². The van der Waals surface area contributed by atoms with Gasteiger partial charge < -0.3 is 20.1 Å². The number of para-hydroxylation sites is 2. The maximum Gasteiger partial charge on any atom is 0.142 e. The molecular formula is C15H24N2O2. The molecule has 0 radical (unpaired) electrons. The van der Waals surface area contributed by atoms with Gasteiger partial charge in [-0.25, -0.2) is 0 Å². The van der Waals surface area contributed by atoms with Crippen LogP contribution in [0.2, 0.25) is 0 Å². The Morgan fingerprint density at radius 2 is 2.21 bits per heavy atom. The topological polar surface area (TPSA) is 47.7 Å². The van der Waals surface area contributed by atoms with Crippen LogP contribution in [-0.2, 0) is 4.74 Å². The first-order valence-corrected chi connectivity index (χ1v) is 6.96. The van der Waals surface area contributed by atoms with Crippen LogP contribution in [0.15, 0.2) is 24.3 Å². The van der Waals surface area contributed by atoms with E-state index < -0.39 is 0 Å². The average Bonchev–Trinajstić information content (AvgIpc) is 2.45. The molecule has 0 amide bonds. The Bertz CT molecular complexity index is 397. The lowest BCUT2D eigenvalue weighted by Gasteiger charge is -2.33. The number of hydrogen-bond acceptors (Lipinski definition) is 4. The lowest BCUT2D eigenvalue weighted by molar-refractivity contribution is 0.0718. The van der Waals surface area contributed by atoms with E-state index in [2.05, 4.69) is 11.0 Å². The van der Waals surface area contributed by atoms with Crippen LogP contribution in [0.1, 0.15) is 19.8 Å². The Balaban J connectivity index is 2.07. The van der Waals surface area contributed by atoms with Crippen molar-refractivity contribution in [2.75, 3.05) is 31.7 Å². The van der Waals surface area contributed by atoms with Gasteiger partial charge in [0.1, 0.15) is 12.4 Å². The number of piperidine rings is 1.